The van der Waals surface area contributed by atoms with E-state index in [9.17, 15) is 4.79 Å². The van der Waals surface area contributed by atoms with Crippen LogP contribution in [0.25, 0.3) is 11.1 Å². The minimum Gasteiger partial charge on any atom is -0.439 e. The highest BCUT2D eigenvalue weighted by Crippen LogP contribution is 2.19. The van der Waals surface area contributed by atoms with Gasteiger partial charge in [0.15, 0.2) is 5.58 Å². The van der Waals surface area contributed by atoms with Crippen LogP contribution < -0.4 is 5.32 Å². The van der Waals surface area contributed by atoms with Gasteiger partial charge in [-0.15, -0.1) is 0 Å². The number of urea groups is 1. The van der Waals surface area contributed by atoms with E-state index in [-0.39, 0.29) is 12.1 Å². The third kappa shape index (κ3) is 2.92. The van der Waals surface area contributed by atoms with Gasteiger partial charge < -0.3 is 19.5 Å². The van der Waals surface area contributed by atoms with Crippen molar-refractivity contribution >= 4 is 17.1 Å². The Balaban J connectivity index is 1.61. The smallest absolute Gasteiger partial charge is 0.317 e. The van der Waals surface area contributed by atoms with Crippen LogP contribution in [-0.2, 0) is 6.54 Å². The van der Waals surface area contributed by atoms with Crippen LogP contribution in [0.15, 0.2) is 22.6 Å². The Morgan fingerprint density at radius 1 is 1.55 bits per heavy atom. The molecule has 2 aromatic rings. The molecule has 0 radical (unpaired) electrons. The molecule has 0 unspecified atom stereocenters. The number of carbonyl (C=O) groups excluding carboxylic acids is 1. The number of nitrogens with zero attached hydrogens (tertiary/aromatic N) is 3. The molecule has 1 saturated heterocycles. The molecule has 0 spiro atoms. The minimum atomic E-state index is -0.0840. The largest absolute Gasteiger partial charge is 0.439 e. The number of hydrogen-bond acceptors (Lipinski definition) is 4. The van der Waals surface area contributed by atoms with Gasteiger partial charge in [0.25, 0.3) is 0 Å². The molecular weight excluding hydrogens is 280 g/mol. The van der Waals surface area contributed by atoms with E-state index in [0.717, 1.165) is 36.2 Å². The van der Waals surface area contributed by atoms with Gasteiger partial charge in [-0.1, -0.05) is 12.1 Å². The topological polar surface area (TPSA) is 61.6 Å². The first-order valence-corrected chi connectivity index (χ1v) is 7.59. The molecule has 1 N–H and O–H groups in total. The fourth-order valence-electron chi connectivity index (χ4n) is 2.88. The Kier molecular flexibility index (Phi) is 4.02. The summed E-state index contributed by atoms with van der Waals surface area (Å²) in [5.74, 6) is 0.537. The van der Waals surface area contributed by atoms with Crippen molar-refractivity contribution in [2.75, 3.05) is 27.2 Å². The normalized spacial score (nSPS) is 18.8. The van der Waals surface area contributed by atoms with Crippen molar-refractivity contribution in [1.82, 2.24) is 20.1 Å². The summed E-state index contributed by atoms with van der Waals surface area (Å²) < 4.78 is 5.67. The molecule has 2 heterocycles. The summed E-state index contributed by atoms with van der Waals surface area (Å²) in [6.07, 6.45) is 1.02. The van der Waals surface area contributed by atoms with Gasteiger partial charge in [-0.3, -0.25) is 0 Å². The molecule has 6 nitrogen and oxygen atoms in total. The quantitative estimate of drug-likeness (QED) is 0.942. The van der Waals surface area contributed by atoms with E-state index in [1.165, 1.54) is 0 Å². The van der Waals surface area contributed by atoms with Crippen LogP contribution in [0.3, 0.4) is 0 Å². The number of rotatable bonds is 3. The average Bonchev–Trinajstić information content (AvgIpc) is 3.11. The number of oxazole rings is 1. The average molecular weight is 302 g/mol. The molecule has 0 aliphatic carbocycles. The maximum absolute atomic E-state index is 12.2. The molecule has 1 atom stereocenters. The lowest BCUT2D eigenvalue weighted by Crippen LogP contribution is -2.44. The lowest BCUT2D eigenvalue weighted by molar-refractivity contribution is 0.189. The number of aromatic nitrogens is 1. The number of para-hydroxylation sites is 1. The molecule has 1 aliphatic heterocycles. The molecule has 6 heteroatoms. The number of hydrogen-bond donors (Lipinski definition) is 1. The lowest BCUT2D eigenvalue weighted by Gasteiger charge is -2.24. The van der Waals surface area contributed by atoms with Crippen LogP contribution >= 0.6 is 0 Å². The predicted molar refractivity (Wildman–Crippen MR) is 84.6 cm³/mol. The second-order valence-electron chi connectivity index (χ2n) is 6.00. The number of fused-ring (bicyclic) bond motifs is 1. The predicted octanol–water partition coefficient (Wildman–Crippen LogP) is 1.98. The Morgan fingerprint density at radius 3 is 3.05 bits per heavy atom. The number of aryl methyl sites for hydroxylation is 1. The Bertz CT molecular complexity index is 682. The second-order valence-corrected chi connectivity index (χ2v) is 6.00. The van der Waals surface area contributed by atoms with Gasteiger partial charge in [0.05, 0.1) is 6.54 Å². The highest BCUT2D eigenvalue weighted by atomic mass is 16.3. The molecule has 3 rings (SSSR count). The van der Waals surface area contributed by atoms with Gasteiger partial charge in [0.1, 0.15) is 5.52 Å². The van der Waals surface area contributed by atoms with Crippen molar-refractivity contribution in [3.63, 3.8) is 0 Å². The summed E-state index contributed by atoms with van der Waals surface area (Å²) in [6, 6.07) is 6.02. The molecule has 118 valence electrons. The first-order chi connectivity index (χ1) is 10.5. The van der Waals surface area contributed by atoms with Crippen molar-refractivity contribution in [3.8, 4) is 0 Å². The molecule has 2 amide bonds. The first-order valence-electron chi connectivity index (χ1n) is 7.59. The summed E-state index contributed by atoms with van der Waals surface area (Å²) in [5, 5.41) is 2.88. The lowest BCUT2D eigenvalue weighted by atomic mass is 10.2. The first kappa shape index (κ1) is 14.8. The molecule has 1 aromatic carbocycles. The minimum absolute atomic E-state index is 0.0840. The second kappa shape index (κ2) is 5.96. The summed E-state index contributed by atoms with van der Waals surface area (Å²) >= 11 is 0. The SMILES string of the molecule is Cc1cccc2oc(CNC(=O)N(C)[C@@H]3CCN(C)C3)nc12. The number of benzene rings is 1. The molecule has 0 bridgehead atoms. The zero-order valence-electron chi connectivity index (χ0n) is 13.3. The van der Waals surface area contributed by atoms with Gasteiger partial charge in [-0.2, -0.15) is 0 Å². The number of amides is 2. The Hall–Kier alpha value is -2.08. The third-order valence-electron chi connectivity index (χ3n) is 4.29. The van der Waals surface area contributed by atoms with Gasteiger partial charge in [0, 0.05) is 19.6 Å². The van der Waals surface area contributed by atoms with Crippen LogP contribution in [0.5, 0.6) is 0 Å². The number of nitrogens with one attached hydrogen (secondary N) is 1. The van der Waals surface area contributed by atoms with Crippen molar-refractivity contribution in [1.29, 1.82) is 0 Å². The van der Waals surface area contributed by atoms with E-state index in [1.54, 1.807) is 4.90 Å². The highest BCUT2D eigenvalue weighted by Gasteiger charge is 2.26. The zero-order valence-corrected chi connectivity index (χ0v) is 13.3. The molecule has 0 saturated carbocycles. The summed E-state index contributed by atoms with van der Waals surface area (Å²) in [6.45, 7) is 4.26. The van der Waals surface area contributed by atoms with E-state index >= 15 is 0 Å². The van der Waals surface area contributed by atoms with Gasteiger partial charge >= 0.3 is 6.03 Å². The summed E-state index contributed by atoms with van der Waals surface area (Å²) in [4.78, 5) is 20.7. The number of likely N-dealkylation sites (tertiary alicyclic amines) is 1. The fourth-order valence-corrected chi connectivity index (χ4v) is 2.88. The van der Waals surface area contributed by atoms with Gasteiger partial charge in [0.2, 0.25) is 5.89 Å². The van der Waals surface area contributed by atoms with E-state index in [0.29, 0.717) is 12.4 Å². The molecule has 1 aromatic heterocycles. The Morgan fingerprint density at radius 2 is 2.36 bits per heavy atom. The van der Waals surface area contributed by atoms with E-state index < -0.39 is 0 Å². The van der Waals surface area contributed by atoms with Crippen LogP contribution in [0.2, 0.25) is 0 Å². The van der Waals surface area contributed by atoms with Crippen LogP contribution in [0.1, 0.15) is 17.9 Å². The van der Waals surface area contributed by atoms with Crippen molar-refractivity contribution < 1.29 is 9.21 Å². The summed E-state index contributed by atoms with van der Waals surface area (Å²) in [5.41, 5.74) is 2.69. The van der Waals surface area contributed by atoms with E-state index in [4.69, 9.17) is 4.42 Å². The van der Waals surface area contributed by atoms with Crippen molar-refractivity contribution in [2.45, 2.75) is 25.9 Å². The van der Waals surface area contributed by atoms with E-state index in [2.05, 4.69) is 22.2 Å². The molecule has 1 aliphatic rings. The van der Waals surface area contributed by atoms with E-state index in [1.807, 2.05) is 32.2 Å². The van der Waals surface area contributed by atoms with Crippen LogP contribution in [-0.4, -0.2) is 54.0 Å². The molecule has 22 heavy (non-hydrogen) atoms. The van der Waals surface area contributed by atoms with Crippen LogP contribution in [0.4, 0.5) is 4.79 Å². The monoisotopic (exact) mass is 302 g/mol. The summed E-state index contributed by atoms with van der Waals surface area (Å²) in [7, 11) is 3.92. The standard InChI is InChI=1S/C16H22N4O2/c1-11-5-4-6-13-15(11)18-14(22-13)9-17-16(21)20(3)12-7-8-19(2)10-12/h4-6,12H,7-10H2,1-3H3,(H,17,21)/t12-/m1/s1. The van der Waals surface area contributed by atoms with Gasteiger partial charge in [-0.25, -0.2) is 9.78 Å². The fraction of sp³-hybridized carbons (Fsp3) is 0.500. The van der Waals surface area contributed by atoms with Crippen LogP contribution in [0, 0.1) is 6.92 Å². The maximum atomic E-state index is 12.2. The van der Waals surface area contributed by atoms with Crippen molar-refractivity contribution in [3.05, 3.63) is 29.7 Å². The van der Waals surface area contributed by atoms with Crippen molar-refractivity contribution in [2.24, 2.45) is 0 Å². The highest BCUT2D eigenvalue weighted by molar-refractivity contribution is 5.76. The third-order valence-corrected chi connectivity index (χ3v) is 4.29. The molecular formula is C16H22N4O2. The number of likely N-dealkylation sites (N-methyl/N-ethyl adjacent to an activating group) is 2. The number of carbonyl (C=O) groups is 1. The Labute approximate surface area is 130 Å². The maximum Gasteiger partial charge on any atom is 0.317 e. The zero-order chi connectivity index (χ0) is 15.7. The van der Waals surface area contributed by atoms with Gasteiger partial charge in [-0.05, 0) is 38.6 Å². The molecule has 1 fully saturated rings.